The van der Waals surface area contributed by atoms with Crippen molar-refractivity contribution in [3.05, 3.63) is 95.7 Å². The lowest BCUT2D eigenvalue weighted by Crippen LogP contribution is -2.34. The molecule has 0 saturated carbocycles. The number of hydrogen-bond donors (Lipinski definition) is 0. The third-order valence-electron chi connectivity index (χ3n) is 5.96. The van der Waals surface area contributed by atoms with E-state index < -0.39 is 0 Å². The van der Waals surface area contributed by atoms with Gasteiger partial charge in [-0.3, -0.25) is 9.59 Å². The van der Waals surface area contributed by atoms with E-state index in [1.54, 1.807) is 12.1 Å². The number of para-hydroxylation sites is 1. The van der Waals surface area contributed by atoms with Gasteiger partial charge in [0.05, 0.1) is 17.9 Å². The number of hydrogen-bond acceptors (Lipinski definition) is 4. The molecule has 0 saturated heterocycles. The van der Waals surface area contributed by atoms with E-state index in [4.69, 9.17) is 4.74 Å². The number of nitrogens with zero attached hydrogens (tertiary/aromatic N) is 2. The second kappa shape index (κ2) is 8.58. The van der Waals surface area contributed by atoms with E-state index in [0.717, 1.165) is 23.4 Å². The first-order valence-electron chi connectivity index (χ1n) is 11.3. The smallest absolute Gasteiger partial charge is 0.282 e. The Hall–Kier alpha value is -3.86. The molecular formula is C28H26N2O3. The van der Waals surface area contributed by atoms with Crippen molar-refractivity contribution in [1.82, 2.24) is 0 Å². The highest BCUT2D eigenvalue weighted by Crippen LogP contribution is 2.40. The maximum absolute atomic E-state index is 13.8. The lowest BCUT2D eigenvalue weighted by molar-refractivity contribution is -0.120. The number of imide groups is 1. The molecule has 0 bridgehead atoms. The van der Waals surface area contributed by atoms with Gasteiger partial charge in [-0.15, -0.1) is 0 Å². The quantitative estimate of drug-likeness (QED) is 0.504. The minimum absolute atomic E-state index is 0.300. The third-order valence-corrected chi connectivity index (χ3v) is 5.96. The molecule has 0 fully saturated rings. The standard InChI is InChI=1S/C28H26N2O3/c1-19(2)18-33-23-14-12-22(13-15-23)30-27(31)25(21-9-4-3-5-10-21)26(28(30)32)29-17-16-20-8-6-7-11-24(20)29/h3-15,19H,16-18H2,1-2H3. The third kappa shape index (κ3) is 3.80. The number of fused-ring (bicyclic) bond motifs is 1. The molecule has 0 radical (unpaired) electrons. The highest BCUT2D eigenvalue weighted by Gasteiger charge is 2.44. The summed E-state index contributed by atoms with van der Waals surface area (Å²) in [6.45, 7) is 5.45. The molecule has 0 spiro atoms. The summed E-state index contributed by atoms with van der Waals surface area (Å²) >= 11 is 0. The van der Waals surface area contributed by atoms with Gasteiger partial charge in [0, 0.05) is 12.2 Å². The molecule has 0 atom stereocenters. The summed E-state index contributed by atoms with van der Waals surface area (Å²) in [4.78, 5) is 30.7. The Morgan fingerprint density at radius 2 is 1.55 bits per heavy atom. The minimum Gasteiger partial charge on any atom is -0.493 e. The van der Waals surface area contributed by atoms with Crippen LogP contribution in [0.1, 0.15) is 25.0 Å². The second-order valence-electron chi connectivity index (χ2n) is 8.76. The number of amides is 2. The van der Waals surface area contributed by atoms with Crippen molar-refractivity contribution in [2.45, 2.75) is 20.3 Å². The van der Waals surface area contributed by atoms with Gasteiger partial charge in [0.1, 0.15) is 11.4 Å². The molecule has 166 valence electrons. The molecule has 2 aliphatic heterocycles. The zero-order valence-corrected chi connectivity index (χ0v) is 18.8. The molecule has 0 N–H and O–H groups in total. The minimum atomic E-state index is -0.304. The molecule has 0 aliphatic carbocycles. The van der Waals surface area contributed by atoms with Crippen LogP contribution in [0.15, 0.2) is 84.6 Å². The van der Waals surface area contributed by atoms with Gasteiger partial charge >= 0.3 is 0 Å². The molecule has 5 heteroatoms. The topological polar surface area (TPSA) is 49.9 Å². The summed E-state index contributed by atoms with van der Waals surface area (Å²) in [5.41, 5.74) is 4.34. The van der Waals surface area contributed by atoms with Gasteiger partial charge in [-0.05, 0) is 53.8 Å². The predicted molar refractivity (Wildman–Crippen MR) is 130 cm³/mol. The molecule has 2 heterocycles. The number of carbonyl (C=O) groups is 2. The van der Waals surface area contributed by atoms with Crippen molar-refractivity contribution in [3.63, 3.8) is 0 Å². The van der Waals surface area contributed by atoms with Gasteiger partial charge in [0.25, 0.3) is 11.8 Å². The summed E-state index contributed by atoms with van der Waals surface area (Å²) in [6.07, 6.45) is 0.838. The number of benzene rings is 3. The molecule has 2 amide bonds. The van der Waals surface area contributed by atoms with Crippen LogP contribution < -0.4 is 14.5 Å². The lowest BCUT2D eigenvalue weighted by Gasteiger charge is -2.22. The fourth-order valence-corrected chi connectivity index (χ4v) is 4.39. The van der Waals surface area contributed by atoms with Gasteiger partial charge in [-0.1, -0.05) is 62.4 Å². The summed E-state index contributed by atoms with van der Waals surface area (Å²) in [5.74, 6) is 0.527. The number of anilines is 2. The van der Waals surface area contributed by atoms with Crippen LogP contribution in [0.25, 0.3) is 5.57 Å². The fourth-order valence-electron chi connectivity index (χ4n) is 4.39. The summed E-state index contributed by atoms with van der Waals surface area (Å²) < 4.78 is 5.76. The van der Waals surface area contributed by atoms with Crippen molar-refractivity contribution in [2.24, 2.45) is 5.92 Å². The van der Waals surface area contributed by atoms with Gasteiger partial charge in [0.2, 0.25) is 0 Å². The molecule has 5 rings (SSSR count). The molecule has 3 aromatic rings. The van der Waals surface area contributed by atoms with E-state index in [-0.39, 0.29) is 11.8 Å². The lowest BCUT2D eigenvalue weighted by atomic mass is 10.0. The van der Waals surface area contributed by atoms with E-state index >= 15 is 0 Å². The fraction of sp³-hybridized carbons (Fsp3) is 0.214. The Balaban J connectivity index is 1.54. The first-order valence-corrected chi connectivity index (χ1v) is 11.3. The Morgan fingerprint density at radius 3 is 2.27 bits per heavy atom. The van der Waals surface area contributed by atoms with Gasteiger partial charge in [0.15, 0.2) is 0 Å². The first-order chi connectivity index (χ1) is 16.0. The molecular weight excluding hydrogens is 412 g/mol. The van der Waals surface area contributed by atoms with Crippen molar-refractivity contribution in [1.29, 1.82) is 0 Å². The monoisotopic (exact) mass is 438 g/mol. The average molecular weight is 439 g/mol. The molecule has 33 heavy (non-hydrogen) atoms. The highest BCUT2D eigenvalue weighted by molar-refractivity contribution is 6.46. The second-order valence-corrected chi connectivity index (χ2v) is 8.76. The van der Waals surface area contributed by atoms with E-state index in [9.17, 15) is 9.59 Å². The van der Waals surface area contributed by atoms with Crippen molar-refractivity contribution in [3.8, 4) is 5.75 Å². The number of rotatable bonds is 6. The summed E-state index contributed by atoms with van der Waals surface area (Å²) in [5, 5.41) is 0. The van der Waals surface area contributed by atoms with Crippen LogP contribution in [-0.2, 0) is 16.0 Å². The zero-order valence-electron chi connectivity index (χ0n) is 18.8. The molecule has 0 aromatic heterocycles. The van der Waals surface area contributed by atoms with Crippen LogP contribution in [0, 0.1) is 5.92 Å². The van der Waals surface area contributed by atoms with Gasteiger partial charge in [-0.2, -0.15) is 0 Å². The average Bonchev–Trinajstić information content (AvgIpc) is 3.36. The Labute approximate surface area is 193 Å². The highest BCUT2D eigenvalue weighted by atomic mass is 16.5. The van der Waals surface area contributed by atoms with E-state index in [0.29, 0.717) is 36.0 Å². The molecule has 0 unspecified atom stereocenters. The SMILES string of the molecule is CC(C)COc1ccc(N2C(=O)C(c3ccccc3)=C(N3CCc4ccccc43)C2=O)cc1. The van der Waals surface area contributed by atoms with Crippen molar-refractivity contribution >= 4 is 28.8 Å². The molecule has 2 aliphatic rings. The van der Waals surface area contributed by atoms with E-state index in [1.807, 2.05) is 65.6 Å². The van der Waals surface area contributed by atoms with Crippen molar-refractivity contribution in [2.75, 3.05) is 23.0 Å². The van der Waals surface area contributed by atoms with Crippen LogP contribution >= 0.6 is 0 Å². The largest absolute Gasteiger partial charge is 0.493 e. The summed E-state index contributed by atoms with van der Waals surface area (Å²) in [6, 6.07) is 24.7. The maximum atomic E-state index is 13.8. The molecule has 5 nitrogen and oxygen atoms in total. The Morgan fingerprint density at radius 1 is 0.848 bits per heavy atom. The Kier molecular flexibility index (Phi) is 5.47. The predicted octanol–water partition coefficient (Wildman–Crippen LogP) is 5.07. The maximum Gasteiger partial charge on any atom is 0.282 e. The zero-order chi connectivity index (χ0) is 22.9. The normalized spacial score (nSPS) is 15.6. The van der Waals surface area contributed by atoms with Crippen LogP contribution in [0.3, 0.4) is 0 Å². The van der Waals surface area contributed by atoms with Crippen LogP contribution in [0.4, 0.5) is 11.4 Å². The summed E-state index contributed by atoms with van der Waals surface area (Å²) in [7, 11) is 0. The van der Waals surface area contributed by atoms with E-state index in [1.165, 1.54) is 10.5 Å². The first kappa shape index (κ1) is 21.0. The van der Waals surface area contributed by atoms with Crippen LogP contribution in [-0.4, -0.2) is 25.0 Å². The van der Waals surface area contributed by atoms with Gasteiger partial charge in [-0.25, -0.2) is 4.90 Å². The van der Waals surface area contributed by atoms with E-state index in [2.05, 4.69) is 19.9 Å². The Bertz CT molecular complexity index is 1230. The molecule has 3 aromatic carbocycles. The number of carbonyl (C=O) groups excluding carboxylic acids is 2. The van der Waals surface area contributed by atoms with Crippen LogP contribution in [0.5, 0.6) is 5.75 Å². The number of ether oxygens (including phenoxy) is 1. The van der Waals surface area contributed by atoms with Gasteiger partial charge < -0.3 is 9.64 Å². The van der Waals surface area contributed by atoms with Crippen molar-refractivity contribution < 1.29 is 14.3 Å². The van der Waals surface area contributed by atoms with Crippen LogP contribution in [0.2, 0.25) is 0 Å².